The van der Waals surface area contributed by atoms with Crippen LogP contribution in [0.1, 0.15) is 32.3 Å². The van der Waals surface area contributed by atoms with Gasteiger partial charge in [0.1, 0.15) is 0 Å². The summed E-state index contributed by atoms with van der Waals surface area (Å²) in [4.78, 5) is 8.59. The van der Waals surface area contributed by atoms with Crippen LogP contribution in [0.3, 0.4) is 0 Å². The summed E-state index contributed by atoms with van der Waals surface area (Å²) in [6, 6.07) is 9.53. The molecule has 0 aliphatic carbocycles. The first-order chi connectivity index (χ1) is 11.2. The molecular weight excluding hydrogens is 297 g/mol. The van der Waals surface area contributed by atoms with Crippen molar-refractivity contribution in [1.29, 1.82) is 0 Å². The number of amidine groups is 1. The topological polar surface area (TPSA) is 66.7 Å². The summed E-state index contributed by atoms with van der Waals surface area (Å²) in [5.74, 6) is -0.00573. The Kier molecular flexibility index (Phi) is 6.05. The highest BCUT2D eigenvalue weighted by Crippen LogP contribution is 2.25. The van der Waals surface area contributed by atoms with E-state index < -0.39 is 5.82 Å². The monoisotopic (exact) mass is 317 g/mol. The second-order valence-corrected chi connectivity index (χ2v) is 4.95. The quantitative estimate of drug-likeness (QED) is 0.481. The molecule has 5 nitrogen and oxygen atoms in total. The van der Waals surface area contributed by atoms with Gasteiger partial charge in [-0.2, -0.15) is 0 Å². The molecule has 2 aromatic rings. The number of halogens is 1. The number of ether oxygens (including phenoxy) is 1. The molecule has 1 aromatic heterocycles. The second kappa shape index (κ2) is 8.24. The molecule has 0 amide bonds. The molecule has 23 heavy (non-hydrogen) atoms. The van der Waals surface area contributed by atoms with Crippen LogP contribution in [0, 0.1) is 5.82 Å². The van der Waals surface area contributed by atoms with E-state index in [4.69, 9.17) is 4.74 Å². The molecule has 1 heterocycles. The van der Waals surface area contributed by atoms with Crippen LogP contribution >= 0.6 is 0 Å². The minimum Gasteiger partial charge on any atom is -0.435 e. The minimum atomic E-state index is -0.487. The van der Waals surface area contributed by atoms with E-state index >= 15 is 0 Å². The van der Waals surface area contributed by atoms with Crippen LogP contribution in [-0.2, 0) is 0 Å². The molecule has 0 radical (unpaired) electrons. The number of hydrogen-bond donors (Lipinski definition) is 2. The van der Waals surface area contributed by atoms with Crippen LogP contribution in [0.25, 0.3) is 0 Å². The highest BCUT2D eigenvalue weighted by molar-refractivity contribution is 6.00. The summed E-state index contributed by atoms with van der Waals surface area (Å²) < 4.78 is 19.3. The Morgan fingerprint density at radius 1 is 1.26 bits per heavy atom. The van der Waals surface area contributed by atoms with Crippen LogP contribution in [0.5, 0.6) is 11.6 Å². The second-order valence-electron chi connectivity index (χ2n) is 4.95. The van der Waals surface area contributed by atoms with Crippen molar-refractivity contribution < 1.29 is 14.3 Å². The van der Waals surface area contributed by atoms with Crippen molar-refractivity contribution >= 4 is 5.84 Å². The van der Waals surface area contributed by atoms with Gasteiger partial charge in [0.2, 0.25) is 5.88 Å². The first kappa shape index (κ1) is 16.9. The fourth-order valence-electron chi connectivity index (χ4n) is 2.10. The van der Waals surface area contributed by atoms with E-state index in [1.807, 2.05) is 13.8 Å². The molecule has 0 unspecified atom stereocenters. The number of nitrogens with zero attached hydrogens (tertiary/aromatic N) is 2. The average molecular weight is 317 g/mol. The number of aliphatic imine (C=N–C) groups is 1. The third-order valence-corrected chi connectivity index (χ3v) is 3.43. The summed E-state index contributed by atoms with van der Waals surface area (Å²) in [5, 5.41) is 9.43. The number of hydroxylamine groups is 1. The van der Waals surface area contributed by atoms with Crippen LogP contribution in [0.2, 0.25) is 0 Å². The zero-order valence-corrected chi connectivity index (χ0v) is 13.2. The first-order valence-corrected chi connectivity index (χ1v) is 7.55. The molecule has 6 heteroatoms. The lowest BCUT2D eigenvalue weighted by atomic mass is 10.1. The van der Waals surface area contributed by atoms with Crippen molar-refractivity contribution in [3.05, 3.63) is 54.0 Å². The van der Waals surface area contributed by atoms with Gasteiger partial charge in [0.15, 0.2) is 17.4 Å². The van der Waals surface area contributed by atoms with Crippen LogP contribution in [0.4, 0.5) is 4.39 Å². The lowest BCUT2D eigenvalue weighted by Crippen LogP contribution is -2.23. The number of benzene rings is 1. The predicted molar refractivity (Wildman–Crippen MR) is 86.5 cm³/mol. The van der Waals surface area contributed by atoms with E-state index in [1.54, 1.807) is 24.3 Å². The van der Waals surface area contributed by atoms with E-state index in [0.717, 1.165) is 12.8 Å². The van der Waals surface area contributed by atoms with Gasteiger partial charge in [-0.05, 0) is 37.1 Å². The highest BCUT2D eigenvalue weighted by atomic mass is 19.1. The van der Waals surface area contributed by atoms with E-state index in [-0.39, 0.29) is 23.5 Å². The van der Waals surface area contributed by atoms with Crippen molar-refractivity contribution in [2.75, 3.05) is 0 Å². The first-order valence-electron chi connectivity index (χ1n) is 7.55. The van der Waals surface area contributed by atoms with Gasteiger partial charge < -0.3 is 4.74 Å². The third-order valence-electron chi connectivity index (χ3n) is 3.43. The van der Waals surface area contributed by atoms with Crippen molar-refractivity contribution in [1.82, 2.24) is 10.5 Å². The van der Waals surface area contributed by atoms with Gasteiger partial charge >= 0.3 is 0 Å². The van der Waals surface area contributed by atoms with Gasteiger partial charge in [0.25, 0.3) is 0 Å². The van der Waals surface area contributed by atoms with Crippen LogP contribution in [0.15, 0.2) is 47.6 Å². The molecule has 0 saturated heterocycles. The largest absolute Gasteiger partial charge is 0.435 e. The van der Waals surface area contributed by atoms with Gasteiger partial charge in [-0.1, -0.05) is 26.0 Å². The lowest BCUT2D eigenvalue weighted by molar-refractivity contribution is 0.233. The normalized spacial score (nSPS) is 11.6. The highest BCUT2D eigenvalue weighted by Gasteiger charge is 2.15. The van der Waals surface area contributed by atoms with Crippen LogP contribution in [-0.4, -0.2) is 22.1 Å². The van der Waals surface area contributed by atoms with Crippen molar-refractivity contribution in [3.8, 4) is 11.6 Å². The number of aromatic nitrogens is 1. The van der Waals surface area contributed by atoms with Gasteiger partial charge in [-0.3, -0.25) is 15.7 Å². The van der Waals surface area contributed by atoms with E-state index in [1.165, 1.54) is 18.3 Å². The number of pyridine rings is 1. The van der Waals surface area contributed by atoms with Gasteiger partial charge in [-0.15, -0.1) is 0 Å². The molecule has 2 N–H and O–H groups in total. The Bertz CT molecular complexity index is 672. The molecule has 122 valence electrons. The summed E-state index contributed by atoms with van der Waals surface area (Å²) in [7, 11) is 0. The van der Waals surface area contributed by atoms with E-state index in [9.17, 15) is 9.60 Å². The van der Waals surface area contributed by atoms with E-state index in [2.05, 4.69) is 15.5 Å². The molecule has 0 spiro atoms. The Labute approximate surface area is 134 Å². The van der Waals surface area contributed by atoms with Gasteiger partial charge in [-0.25, -0.2) is 9.37 Å². The summed E-state index contributed by atoms with van der Waals surface area (Å²) in [5.41, 5.74) is 2.56. The SMILES string of the molecule is CCC(CC)N=C(NO)c1cccnc1Oc1ccccc1F. The van der Waals surface area contributed by atoms with Gasteiger partial charge in [0.05, 0.1) is 11.6 Å². The molecule has 0 saturated carbocycles. The molecule has 0 aliphatic rings. The minimum absolute atomic E-state index is 0.0613. The average Bonchev–Trinajstić information content (AvgIpc) is 2.59. The standard InChI is InChI=1S/C17H20FN3O2/c1-3-12(4-2)20-16(21-22)13-8-7-11-19-17(13)23-15-10-6-5-9-14(15)18/h5-12,22H,3-4H2,1-2H3,(H,20,21). The van der Waals surface area contributed by atoms with Crippen molar-refractivity contribution in [2.24, 2.45) is 4.99 Å². The fraction of sp³-hybridized carbons (Fsp3) is 0.294. The Morgan fingerprint density at radius 3 is 2.65 bits per heavy atom. The number of rotatable bonds is 6. The zero-order valence-electron chi connectivity index (χ0n) is 13.2. The maximum atomic E-state index is 13.8. The maximum Gasteiger partial charge on any atom is 0.230 e. The summed E-state index contributed by atoms with van der Waals surface area (Å²) in [6.45, 7) is 4.04. The summed E-state index contributed by atoms with van der Waals surface area (Å²) >= 11 is 0. The molecule has 1 aromatic carbocycles. The zero-order chi connectivity index (χ0) is 16.7. The summed E-state index contributed by atoms with van der Waals surface area (Å²) in [6.07, 6.45) is 3.21. The van der Waals surface area contributed by atoms with Gasteiger partial charge in [0, 0.05) is 6.20 Å². The maximum absolute atomic E-state index is 13.8. The molecule has 0 fully saturated rings. The molecule has 2 rings (SSSR count). The molecule has 0 bridgehead atoms. The molecular formula is C17H20FN3O2. The molecule has 0 atom stereocenters. The predicted octanol–water partition coefficient (Wildman–Crippen LogP) is 3.93. The number of nitrogens with one attached hydrogen (secondary N) is 1. The Balaban J connectivity index is 2.38. The molecule has 0 aliphatic heterocycles. The fourth-order valence-corrected chi connectivity index (χ4v) is 2.10. The lowest BCUT2D eigenvalue weighted by Gasteiger charge is -2.14. The van der Waals surface area contributed by atoms with Crippen molar-refractivity contribution in [2.45, 2.75) is 32.7 Å². The number of hydrogen-bond acceptors (Lipinski definition) is 4. The Hall–Kier alpha value is -2.47. The van der Waals surface area contributed by atoms with Crippen LogP contribution < -0.4 is 10.2 Å². The van der Waals surface area contributed by atoms with Crippen molar-refractivity contribution in [3.63, 3.8) is 0 Å². The smallest absolute Gasteiger partial charge is 0.230 e. The number of para-hydroxylation sites is 1. The Morgan fingerprint density at radius 2 is 2.00 bits per heavy atom. The third kappa shape index (κ3) is 4.26. The van der Waals surface area contributed by atoms with E-state index in [0.29, 0.717) is 5.56 Å².